The highest BCUT2D eigenvalue weighted by molar-refractivity contribution is 9.10. The van der Waals surface area contributed by atoms with Crippen LogP contribution in [0.25, 0.3) is 0 Å². The maximum atomic E-state index is 11.9. The first-order chi connectivity index (χ1) is 8.17. The standard InChI is InChI=1S/C12H16BrNO3S/c1-8-4-10(6-11(13)5-8)12(15)14-9(2)7-18(3,16)17/h4-6,9H,7H2,1-3H3,(H,14,15). The molecule has 0 spiro atoms. The van der Waals surface area contributed by atoms with E-state index in [-0.39, 0.29) is 11.7 Å². The van der Waals surface area contributed by atoms with Crippen molar-refractivity contribution in [2.75, 3.05) is 12.0 Å². The molecule has 1 aromatic rings. The lowest BCUT2D eigenvalue weighted by molar-refractivity contribution is 0.0943. The average Bonchev–Trinajstić information content (AvgIpc) is 2.12. The number of sulfone groups is 1. The van der Waals surface area contributed by atoms with E-state index >= 15 is 0 Å². The van der Waals surface area contributed by atoms with Crippen LogP contribution in [-0.4, -0.2) is 32.4 Å². The molecule has 0 saturated heterocycles. The highest BCUT2D eigenvalue weighted by Gasteiger charge is 2.14. The lowest BCUT2D eigenvalue weighted by atomic mass is 10.1. The third kappa shape index (κ3) is 5.18. The van der Waals surface area contributed by atoms with Crippen molar-refractivity contribution in [3.63, 3.8) is 0 Å². The quantitative estimate of drug-likeness (QED) is 0.915. The minimum absolute atomic E-state index is 0.0638. The van der Waals surface area contributed by atoms with Crippen LogP contribution in [-0.2, 0) is 9.84 Å². The molecule has 1 N–H and O–H groups in total. The Morgan fingerprint density at radius 3 is 2.50 bits per heavy atom. The summed E-state index contributed by atoms with van der Waals surface area (Å²) in [4.78, 5) is 11.9. The van der Waals surface area contributed by atoms with Crippen LogP contribution in [0.5, 0.6) is 0 Å². The summed E-state index contributed by atoms with van der Waals surface area (Å²) in [6.45, 7) is 3.56. The zero-order valence-electron chi connectivity index (χ0n) is 10.5. The van der Waals surface area contributed by atoms with Gasteiger partial charge >= 0.3 is 0 Å². The van der Waals surface area contributed by atoms with E-state index < -0.39 is 15.9 Å². The second-order valence-electron chi connectivity index (χ2n) is 4.48. The number of halogens is 1. The third-order valence-electron chi connectivity index (χ3n) is 2.23. The number of carbonyl (C=O) groups excluding carboxylic acids is 1. The van der Waals surface area contributed by atoms with E-state index in [0.717, 1.165) is 16.3 Å². The van der Waals surface area contributed by atoms with Crippen molar-refractivity contribution in [2.45, 2.75) is 19.9 Å². The van der Waals surface area contributed by atoms with Crippen molar-refractivity contribution in [3.8, 4) is 0 Å². The Hall–Kier alpha value is -0.880. The van der Waals surface area contributed by atoms with Crippen LogP contribution in [0.4, 0.5) is 0 Å². The summed E-state index contributed by atoms with van der Waals surface area (Å²) in [7, 11) is -3.09. The van der Waals surface area contributed by atoms with E-state index in [4.69, 9.17) is 0 Å². The van der Waals surface area contributed by atoms with Crippen LogP contribution in [0.3, 0.4) is 0 Å². The van der Waals surface area contributed by atoms with Crippen LogP contribution in [0, 0.1) is 6.92 Å². The molecule has 0 saturated carbocycles. The molecule has 0 heterocycles. The summed E-state index contributed by atoms with van der Waals surface area (Å²) in [6, 6.07) is 4.95. The van der Waals surface area contributed by atoms with Gasteiger partial charge in [0, 0.05) is 22.3 Å². The molecule has 6 heteroatoms. The summed E-state index contributed by atoms with van der Waals surface area (Å²) in [5.41, 5.74) is 1.48. The predicted molar refractivity (Wildman–Crippen MR) is 75.5 cm³/mol. The number of nitrogens with one attached hydrogen (secondary N) is 1. The SMILES string of the molecule is Cc1cc(Br)cc(C(=O)NC(C)CS(C)(=O)=O)c1. The molecule has 0 aliphatic heterocycles. The minimum Gasteiger partial charge on any atom is -0.349 e. The molecule has 0 radical (unpaired) electrons. The Labute approximate surface area is 116 Å². The smallest absolute Gasteiger partial charge is 0.251 e. The number of rotatable bonds is 4. The lowest BCUT2D eigenvalue weighted by Gasteiger charge is -2.13. The Bertz CT molecular complexity index is 534. The molecule has 1 unspecified atom stereocenters. The normalized spacial score (nSPS) is 13.1. The fraction of sp³-hybridized carbons (Fsp3) is 0.417. The number of hydrogen-bond donors (Lipinski definition) is 1. The number of carbonyl (C=O) groups is 1. The summed E-state index contributed by atoms with van der Waals surface area (Å²) in [5, 5.41) is 2.67. The van der Waals surface area contributed by atoms with Gasteiger partial charge in [-0.3, -0.25) is 4.79 Å². The molecule has 1 amide bonds. The van der Waals surface area contributed by atoms with Gasteiger partial charge in [-0.05, 0) is 37.6 Å². The molecule has 0 aliphatic rings. The second-order valence-corrected chi connectivity index (χ2v) is 7.58. The molecule has 1 atom stereocenters. The fourth-order valence-electron chi connectivity index (χ4n) is 1.67. The predicted octanol–water partition coefficient (Wildman–Crippen LogP) is 1.92. The Morgan fingerprint density at radius 1 is 1.39 bits per heavy atom. The first kappa shape index (κ1) is 15.2. The zero-order valence-corrected chi connectivity index (χ0v) is 12.9. The molecule has 0 bridgehead atoms. The summed E-state index contributed by atoms with van der Waals surface area (Å²) in [5.74, 6) is -0.332. The highest BCUT2D eigenvalue weighted by Crippen LogP contribution is 2.15. The highest BCUT2D eigenvalue weighted by atomic mass is 79.9. The number of amides is 1. The first-order valence-electron chi connectivity index (χ1n) is 5.43. The van der Waals surface area contributed by atoms with Gasteiger partial charge in [0.2, 0.25) is 0 Å². The fourth-order valence-corrected chi connectivity index (χ4v) is 3.27. The molecule has 4 nitrogen and oxygen atoms in total. The van der Waals surface area contributed by atoms with E-state index in [0.29, 0.717) is 5.56 Å². The minimum atomic E-state index is -3.09. The van der Waals surface area contributed by atoms with E-state index in [1.807, 2.05) is 13.0 Å². The average molecular weight is 334 g/mol. The van der Waals surface area contributed by atoms with Gasteiger partial charge in [0.05, 0.1) is 5.75 Å². The van der Waals surface area contributed by atoms with Gasteiger partial charge < -0.3 is 5.32 Å². The molecule has 1 rings (SSSR count). The van der Waals surface area contributed by atoms with Crippen LogP contribution in [0.15, 0.2) is 22.7 Å². The van der Waals surface area contributed by atoms with E-state index in [2.05, 4.69) is 21.2 Å². The number of benzene rings is 1. The summed E-state index contributed by atoms with van der Waals surface area (Å²) < 4.78 is 23.0. The number of aryl methyl sites for hydroxylation is 1. The molecular weight excluding hydrogens is 318 g/mol. The number of hydrogen-bond acceptors (Lipinski definition) is 3. The molecule has 18 heavy (non-hydrogen) atoms. The van der Waals surface area contributed by atoms with Gasteiger partial charge in [-0.2, -0.15) is 0 Å². The van der Waals surface area contributed by atoms with Gasteiger partial charge in [-0.1, -0.05) is 15.9 Å². The van der Waals surface area contributed by atoms with Crippen molar-refractivity contribution in [2.24, 2.45) is 0 Å². The topological polar surface area (TPSA) is 63.2 Å². The van der Waals surface area contributed by atoms with Crippen LogP contribution in [0.2, 0.25) is 0 Å². The molecular formula is C12H16BrNO3S. The van der Waals surface area contributed by atoms with Crippen molar-refractivity contribution < 1.29 is 13.2 Å². The molecule has 1 aromatic carbocycles. The Kier molecular flexibility index (Phi) is 4.92. The van der Waals surface area contributed by atoms with Gasteiger partial charge in [-0.25, -0.2) is 8.42 Å². The zero-order chi connectivity index (χ0) is 13.9. The van der Waals surface area contributed by atoms with Crippen molar-refractivity contribution in [1.82, 2.24) is 5.32 Å². The van der Waals surface area contributed by atoms with Crippen molar-refractivity contribution in [3.05, 3.63) is 33.8 Å². The summed E-state index contributed by atoms with van der Waals surface area (Å²) in [6.07, 6.45) is 1.15. The monoisotopic (exact) mass is 333 g/mol. The van der Waals surface area contributed by atoms with Crippen LogP contribution < -0.4 is 5.32 Å². The molecule has 100 valence electrons. The maximum Gasteiger partial charge on any atom is 0.251 e. The molecule has 0 aliphatic carbocycles. The van der Waals surface area contributed by atoms with E-state index in [1.165, 1.54) is 0 Å². The summed E-state index contributed by atoms with van der Waals surface area (Å²) >= 11 is 3.32. The van der Waals surface area contributed by atoms with Crippen molar-refractivity contribution in [1.29, 1.82) is 0 Å². The second kappa shape index (κ2) is 5.84. The third-order valence-corrected chi connectivity index (χ3v) is 3.80. The lowest BCUT2D eigenvalue weighted by Crippen LogP contribution is -2.37. The Morgan fingerprint density at radius 2 is 2.00 bits per heavy atom. The molecule has 0 fully saturated rings. The van der Waals surface area contributed by atoms with E-state index in [9.17, 15) is 13.2 Å². The van der Waals surface area contributed by atoms with Gasteiger partial charge in [0.1, 0.15) is 9.84 Å². The van der Waals surface area contributed by atoms with Crippen molar-refractivity contribution >= 4 is 31.7 Å². The van der Waals surface area contributed by atoms with Gasteiger partial charge in [0.25, 0.3) is 5.91 Å². The van der Waals surface area contributed by atoms with Crippen LogP contribution >= 0.6 is 15.9 Å². The largest absolute Gasteiger partial charge is 0.349 e. The van der Waals surface area contributed by atoms with Gasteiger partial charge in [0.15, 0.2) is 0 Å². The first-order valence-corrected chi connectivity index (χ1v) is 8.28. The molecule has 0 aromatic heterocycles. The maximum absolute atomic E-state index is 11.9. The van der Waals surface area contributed by atoms with E-state index in [1.54, 1.807) is 19.1 Å². The Balaban J connectivity index is 2.76. The van der Waals surface area contributed by atoms with Crippen LogP contribution in [0.1, 0.15) is 22.8 Å². The van der Waals surface area contributed by atoms with Gasteiger partial charge in [-0.15, -0.1) is 0 Å².